The van der Waals surface area contributed by atoms with Crippen LogP contribution in [-0.4, -0.2) is 16.7 Å². The minimum Gasteiger partial charge on any atom is -0.293 e. The minimum absolute atomic E-state index is 0.107. The summed E-state index contributed by atoms with van der Waals surface area (Å²) in [6.07, 6.45) is -1.80. The van der Waals surface area contributed by atoms with Gasteiger partial charge in [-0.3, -0.25) is 9.78 Å². The van der Waals surface area contributed by atoms with Crippen molar-refractivity contribution < 1.29 is 31.1 Å². The quantitative estimate of drug-likeness (QED) is 0.313. The van der Waals surface area contributed by atoms with Crippen LogP contribution >= 0.6 is 0 Å². The number of carbonyl (C=O) groups excluding carboxylic acids is 1. The molecule has 0 N–H and O–H groups in total. The van der Waals surface area contributed by atoms with Gasteiger partial charge in [0.25, 0.3) is 0 Å². The van der Waals surface area contributed by atoms with Crippen molar-refractivity contribution in [2.75, 3.05) is 0 Å². The molecule has 34 heavy (non-hydrogen) atoms. The SMILES string of the molecule is CC(=O)c1nccc(C(F)(F)F)c1C.CC(C)C1CCC(F)(F)CC1.Cc1cccc(F)c1C. The molecular weight excluding hydrogens is 456 g/mol. The van der Waals surface area contributed by atoms with Crippen molar-refractivity contribution in [3.8, 4) is 0 Å². The second-order valence-corrected chi connectivity index (χ2v) is 9.01. The topological polar surface area (TPSA) is 30.0 Å². The first-order chi connectivity index (χ1) is 15.6. The molecule has 1 aromatic heterocycles. The first kappa shape index (κ1) is 29.7. The Morgan fingerprint density at radius 2 is 1.59 bits per heavy atom. The number of aryl methyl sites for hydroxylation is 1. The number of hydrogen-bond acceptors (Lipinski definition) is 2. The number of carbonyl (C=O) groups is 1. The Hall–Kier alpha value is -2.38. The zero-order valence-corrected chi connectivity index (χ0v) is 20.5. The molecule has 1 fully saturated rings. The molecule has 0 aliphatic heterocycles. The molecule has 8 heteroatoms. The van der Waals surface area contributed by atoms with E-state index in [2.05, 4.69) is 18.8 Å². The largest absolute Gasteiger partial charge is 0.416 e. The van der Waals surface area contributed by atoms with Crippen molar-refractivity contribution in [3.05, 3.63) is 64.2 Å². The maximum atomic E-state index is 12.6. The number of benzene rings is 1. The maximum absolute atomic E-state index is 12.6. The number of rotatable bonds is 2. The van der Waals surface area contributed by atoms with Gasteiger partial charge in [-0.25, -0.2) is 13.2 Å². The van der Waals surface area contributed by atoms with Crippen molar-refractivity contribution in [1.29, 1.82) is 0 Å². The fourth-order valence-corrected chi connectivity index (χ4v) is 3.64. The van der Waals surface area contributed by atoms with Gasteiger partial charge in [-0.05, 0) is 74.3 Å². The Labute approximate surface area is 197 Å². The molecule has 2 aromatic rings. The molecule has 0 atom stereocenters. The van der Waals surface area contributed by atoms with Gasteiger partial charge < -0.3 is 0 Å². The molecular formula is C26H33F6NO. The number of aromatic nitrogens is 1. The number of halogens is 6. The summed E-state index contributed by atoms with van der Waals surface area (Å²) >= 11 is 0. The molecule has 0 bridgehead atoms. The second kappa shape index (κ2) is 12.4. The summed E-state index contributed by atoms with van der Waals surface area (Å²) in [5.74, 6) is -1.82. The van der Waals surface area contributed by atoms with Crippen LogP contribution in [0.25, 0.3) is 0 Å². The van der Waals surface area contributed by atoms with E-state index >= 15 is 0 Å². The molecule has 1 aromatic carbocycles. The van der Waals surface area contributed by atoms with Crippen LogP contribution in [-0.2, 0) is 6.18 Å². The van der Waals surface area contributed by atoms with Crippen molar-refractivity contribution in [3.63, 3.8) is 0 Å². The van der Waals surface area contributed by atoms with E-state index in [0.717, 1.165) is 23.4 Å². The number of Topliss-reactive ketones (excluding diaryl/α,β-unsaturated/α-hetero) is 1. The van der Waals surface area contributed by atoms with Crippen LogP contribution in [0.15, 0.2) is 30.5 Å². The van der Waals surface area contributed by atoms with Crippen LogP contribution in [0.1, 0.15) is 79.2 Å². The third kappa shape index (κ3) is 9.11. The van der Waals surface area contributed by atoms with Crippen molar-refractivity contribution in [1.82, 2.24) is 4.98 Å². The van der Waals surface area contributed by atoms with E-state index in [1.165, 1.54) is 19.9 Å². The predicted molar refractivity (Wildman–Crippen MR) is 122 cm³/mol. The number of nitrogens with zero attached hydrogens (tertiary/aromatic N) is 1. The molecule has 1 aliphatic carbocycles. The summed E-state index contributed by atoms with van der Waals surface area (Å²) in [6, 6.07) is 5.96. The van der Waals surface area contributed by atoms with E-state index < -0.39 is 23.4 Å². The summed E-state index contributed by atoms with van der Waals surface area (Å²) in [4.78, 5) is 14.5. The second-order valence-electron chi connectivity index (χ2n) is 9.01. The minimum atomic E-state index is -4.43. The first-order valence-corrected chi connectivity index (χ1v) is 11.2. The summed E-state index contributed by atoms with van der Waals surface area (Å²) in [5.41, 5.74) is 0.706. The van der Waals surface area contributed by atoms with Gasteiger partial charge in [0.15, 0.2) is 5.78 Å². The van der Waals surface area contributed by atoms with Crippen LogP contribution in [0, 0.1) is 38.4 Å². The first-order valence-electron chi connectivity index (χ1n) is 11.2. The summed E-state index contributed by atoms with van der Waals surface area (Å²) in [6.45, 7) is 10.4. The highest BCUT2D eigenvalue weighted by Gasteiger charge is 2.35. The average Bonchev–Trinajstić information content (AvgIpc) is 2.71. The zero-order valence-electron chi connectivity index (χ0n) is 20.5. The Morgan fingerprint density at radius 1 is 1.03 bits per heavy atom. The van der Waals surface area contributed by atoms with Crippen molar-refractivity contribution in [2.24, 2.45) is 11.8 Å². The molecule has 0 unspecified atom stereocenters. The van der Waals surface area contributed by atoms with Gasteiger partial charge >= 0.3 is 6.18 Å². The maximum Gasteiger partial charge on any atom is 0.416 e. The molecule has 1 heterocycles. The van der Waals surface area contributed by atoms with E-state index in [0.29, 0.717) is 24.7 Å². The molecule has 0 spiro atoms. The fourth-order valence-electron chi connectivity index (χ4n) is 3.64. The van der Waals surface area contributed by atoms with Gasteiger partial charge in [0, 0.05) is 26.0 Å². The highest BCUT2D eigenvalue weighted by atomic mass is 19.4. The van der Waals surface area contributed by atoms with E-state index in [4.69, 9.17) is 0 Å². The van der Waals surface area contributed by atoms with Gasteiger partial charge in [-0.1, -0.05) is 26.0 Å². The van der Waals surface area contributed by atoms with Crippen LogP contribution in [0.4, 0.5) is 26.3 Å². The third-order valence-corrected chi connectivity index (χ3v) is 6.09. The zero-order chi connectivity index (χ0) is 26.3. The lowest BCUT2D eigenvalue weighted by Crippen LogP contribution is -2.26. The van der Waals surface area contributed by atoms with Crippen LogP contribution in [0.2, 0.25) is 0 Å². The van der Waals surface area contributed by atoms with E-state index in [1.807, 2.05) is 13.0 Å². The van der Waals surface area contributed by atoms with E-state index in [-0.39, 0.29) is 29.9 Å². The number of pyridine rings is 1. The number of alkyl halides is 5. The molecule has 0 saturated heterocycles. The Bertz CT molecular complexity index is 923. The van der Waals surface area contributed by atoms with Gasteiger partial charge in [0.2, 0.25) is 5.92 Å². The van der Waals surface area contributed by atoms with Gasteiger partial charge in [-0.2, -0.15) is 13.2 Å². The lowest BCUT2D eigenvalue weighted by Gasteiger charge is -2.30. The Balaban J connectivity index is 0.000000262. The van der Waals surface area contributed by atoms with E-state index in [9.17, 15) is 31.1 Å². The predicted octanol–water partition coefficient (Wildman–Crippen LogP) is 8.52. The van der Waals surface area contributed by atoms with Crippen molar-refractivity contribution >= 4 is 5.78 Å². The summed E-state index contributed by atoms with van der Waals surface area (Å²) < 4.78 is 74.9. The van der Waals surface area contributed by atoms with Crippen LogP contribution < -0.4 is 0 Å². The van der Waals surface area contributed by atoms with Crippen LogP contribution in [0.3, 0.4) is 0 Å². The Morgan fingerprint density at radius 3 is 2.00 bits per heavy atom. The summed E-state index contributed by atoms with van der Waals surface area (Å²) in [5, 5.41) is 0. The Kier molecular flexibility index (Phi) is 10.8. The molecule has 190 valence electrons. The molecule has 0 amide bonds. The van der Waals surface area contributed by atoms with Gasteiger partial charge in [-0.15, -0.1) is 0 Å². The average molecular weight is 490 g/mol. The highest BCUT2D eigenvalue weighted by molar-refractivity contribution is 5.93. The lowest BCUT2D eigenvalue weighted by molar-refractivity contribution is -0.138. The lowest BCUT2D eigenvalue weighted by atomic mass is 9.80. The standard InChI is InChI=1S/C9H8F3NO.C9H16F2.C8H9F/c1-5-7(9(10,11)12)3-4-13-8(5)6(2)14;1-7(2)8-3-5-9(10,11)6-4-8;1-6-4-3-5-8(9)7(6)2/h3-4H,1-2H3;7-8H,3-6H2,1-2H3;3-5H,1-2H3. The van der Waals surface area contributed by atoms with Crippen molar-refractivity contribution in [2.45, 2.75) is 79.3 Å². The molecule has 1 aliphatic rings. The third-order valence-electron chi connectivity index (χ3n) is 6.09. The number of hydrogen-bond donors (Lipinski definition) is 0. The smallest absolute Gasteiger partial charge is 0.293 e. The monoisotopic (exact) mass is 489 g/mol. The van der Waals surface area contributed by atoms with Gasteiger partial charge in [0.05, 0.1) is 5.56 Å². The van der Waals surface area contributed by atoms with E-state index in [1.54, 1.807) is 13.0 Å². The van der Waals surface area contributed by atoms with Crippen LogP contribution in [0.5, 0.6) is 0 Å². The highest BCUT2D eigenvalue weighted by Crippen LogP contribution is 2.38. The fraction of sp³-hybridized carbons (Fsp3) is 0.538. The normalized spacial score (nSPS) is 15.7. The molecule has 2 nitrogen and oxygen atoms in total. The molecule has 3 rings (SSSR count). The van der Waals surface area contributed by atoms with Gasteiger partial charge in [0.1, 0.15) is 11.5 Å². The number of ketones is 1. The molecule has 1 saturated carbocycles. The summed E-state index contributed by atoms with van der Waals surface area (Å²) in [7, 11) is 0. The molecule has 0 radical (unpaired) electrons.